The fraction of sp³-hybridized carbons (Fsp3) is 0.636. The topological polar surface area (TPSA) is 0 Å². The monoisotopic (exact) mass is 466 g/mol. The summed E-state index contributed by atoms with van der Waals surface area (Å²) in [5, 5.41) is 6.32. The van der Waals surface area contributed by atoms with Gasteiger partial charge in [-0.25, -0.2) is 22.5 Å². The fourth-order valence-corrected chi connectivity index (χ4v) is 8.09. The van der Waals surface area contributed by atoms with Crippen molar-refractivity contribution < 1.29 is 21.7 Å². The number of hydrogen-bond donors (Lipinski definition) is 0. The summed E-state index contributed by atoms with van der Waals surface area (Å²) in [6, 6.07) is 0. The van der Waals surface area contributed by atoms with Crippen LogP contribution in [0.2, 0.25) is 78.6 Å². The molecule has 0 aromatic rings. The van der Waals surface area contributed by atoms with E-state index in [2.05, 4.69) is 103 Å². The Balaban J connectivity index is 0.000000483. The summed E-state index contributed by atoms with van der Waals surface area (Å²) in [4.78, 5) is 0. The van der Waals surface area contributed by atoms with Gasteiger partial charge < -0.3 is 0 Å². The maximum absolute atomic E-state index is 3.67. The van der Waals surface area contributed by atoms with Crippen molar-refractivity contribution in [2.75, 3.05) is 0 Å². The van der Waals surface area contributed by atoms with Gasteiger partial charge in [0.15, 0.2) is 0 Å². The van der Waals surface area contributed by atoms with Gasteiger partial charge in [-0.3, -0.25) is 12.2 Å². The zero-order valence-corrected chi connectivity index (χ0v) is 25.6. The van der Waals surface area contributed by atoms with Crippen LogP contribution in [0.5, 0.6) is 0 Å². The smallest absolute Gasteiger partial charge is 0.258 e. The molecule has 0 aliphatic heterocycles. The molecule has 27 heavy (non-hydrogen) atoms. The molecule has 0 aromatic carbocycles. The average Bonchev–Trinajstić information content (AvgIpc) is 3.06. The summed E-state index contributed by atoms with van der Waals surface area (Å²) in [6.07, 6.45) is 14.6. The maximum Gasteiger partial charge on any atom is 2.00 e. The Labute approximate surface area is 189 Å². The van der Waals surface area contributed by atoms with E-state index in [9.17, 15) is 0 Å². The molecule has 0 amide bonds. The van der Waals surface area contributed by atoms with Crippen molar-refractivity contribution in [3.05, 3.63) is 45.1 Å². The van der Waals surface area contributed by atoms with Crippen LogP contribution in [0.3, 0.4) is 0 Å². The summed E-state index contributed by atoms with van der Waals surface area (Å²) in [6.45, 7) is 28.9. The largest absolute Gasteiger partial charge is 2.00 e. The Morgan fingerprint density at radius 1 is 0.519 bits per heavy atom. The van der Waals surface area contributed by atoms with E-state index in [0.29, 0.717) is 0 Å². The molecule has 0 radical (unpaired) electrons. The van der Waals surface area contributed by atoms with Crippen LogP contribution < -0.4 is 0 Å². The van der Waals surface area contributed by atoms with Gasteiger partial charge in [0.05, 0.1) is 16.1 Å². The van der Waals surface area contributed by atoms with Crippen molar-refractivity contribution in [1.82, 2.24) is 0 Å². The second-order valence-electron chi connectivity index (χ2n) is 11.9. The summed E-state index contributed by atoms with van der Waals surface area (Å²) in [5.41, 5.74) is 0. The standard InChI is InChI=1S/2C11H21Si2.Ti/c2*1-12(2,3)10-7-8-11(9-10)13(4,5)6;/h2*7H,8H2,1-6H3;/q2*-1;+2. The molecule has 5 heteroatoms. The van der Waals surface area contributed by atoms with Crippen molar-refractivity contribution in [2.45, 2.75) is 91.4 Å². The van der Waals surface area contributed by atoms with E-state index in [0.717, 1.165) is 0 Å². The van der Waals surface area contributed by atoms with Crippen LogP contribution in [0.4, 0.5) is 0 Å². The van der Waals surface area contributed by atoms with Crippen LogP contribution in [0.1, 0.15) is 12.8 Å². The zero-order valence-electron chi connectivity index (χ0n) is 20.1. The molecular weight excluding hydrogens is 424 g/mol. The van der Waals surface area contributed by atoms with Crippen molar-refractivity contribution in [2.24, 2.45) is 0 Å². The molecule has 0 spiro atoms. The average molecular weight is 467 g/mol. The van der Waals surface area contributed by atoms with Crippen molar-refractivity contribution in [3.8, 4) is 0 Å². The van der Waals surface area contributed by atoms with E-state index in [1.54, 1.807) is 20.8 Å². The first kappa shape index (κ1) is 27.5. The quantitative estimate of drug-likeness (QED) is 0.295. The molecule has 0 unspecified atom stereocenters. The van der Waals surface area contributed by atoms with E-state index in [4.69, 9.17) is 0 Å². The number of hydrogen-bond acceptors (Lipinski definition) is 0. The van der Waals surface area contributed by atoms with Gasteiger partial charge in [-0.1, -0.05) is 78.6 Å². The first-order valence-electron chi connectivity index (χ1n) is 10.1. The zero-order chi connectivity index (χ0) is 20.6. The van der Waals surface area contributed by atoms with E-state index < -0.39 is 32.3 Å². The van der Waals surface area contributed by atoms with Crippen molar-refractivity contribution in [3.63, 3.8) is 0 Å². The Kier molecular flexibility index (Phi) is 9.76. The molecule has 0 saturated carbocycles. The predicted molar refractivity (Wildman–Crippen MR) is 132 cm³/mol. The molecule has 0 aromatic heterocycles. The van der Waals surface area contributed by atoms with Crippen molar-refractivity contribution >= 4 is 32.3 Å². The third-order valence-corrected chi connectivity index (χ3v) is 13.2. The Morgan fingerprint density at radius 2 is 0.778 bits per heavy atom. The minimum absolute atomic E-state index is 0. The van der Waals surface area contributed by atoms with E-state index in [1.807, 2.05) is 0 Å². The van der Waals surface area contributed by atoms with Crippen LogP contribution in [0.15, 0.2) is 32.9 Å². The van der Waals surface area contributed by atoms with Gasteiger partial charge in [0, 0.05) is 16.1 Å². The number of allylic oxidation sites excluding steroid dienone is 8. The van der Waals surface area contributed by atoms with Gasteiger partial charge in [-0.2, -0.15) is 10.4 Å². The van der Waals surface area contributed by atoms with Gasteiger partial charge >= 0.3 is 21.7 Å². The fourth-order valence-electron chi connectivity index (χ4n) is 2.91. The summed E-state index contributed by atoms with van der Waals surface area (Å²) in [5.74, 6) is 0. The van der Waals surface area contributed by atoms with Crippen LogP contribution in [0.25, 0.3) is 0 Å². The Bertz CT molecular complexity index is 582. The van der Waals surface area contributed by atoms with Crippen molar-refractivity contribution in [1.29, 1.82) is 0 Å². The van der Waals surface area contributed by atoms with Gasteiger partial charge in [-0.15, -0.1) is 12.8 Å². The van der Waals surface area contributed by atoms with E-state index in [-0.39, 0.29) is 21.7 Å². The van der Waals surface area contributed by atoms with Gasteiger partial charge in [0.25, 0.3) is 0 Å². The molecule has 0 nitrogen and oxygen atoms in total. The van der Waals surface area contributed by atoms with Crippen LogP contribution >= 0.6 is 0 Å². The normalized spacial score (nSPS) is 17.9. The summed E-state index contributed by atoms with van der Waals surface area (Å²) < 4.78 is 0. The first-order chi connectivity index (χ1) is 11.4. The second-order valence-corrected chi connectivity index (χ2v) is 32.1. The van der Waals surface area contributed by atoms with Gasteiger partial charge in [0.2, 0.25) is 0 Å². The molecular formula is C22H42Si4Ti. The molecule has 0 N–H and O–H groups in total. The Morgan fingerprint density at radius 3 is 0.889 bits per heavy atom. The van der Waals surface area contributed by atoms with E-state index in [1.165, 1.54) is 12.8 Å². The maximum atomic E-state index is 3.67. The Hall–Kier alpha value is 0.542. The summed E-state index contributed by atoms with van der Waals surface area (Å²) in [7, 11) is -4.32. The second kappa shape index (κ2) is 9.57. The van der Waals surface area contributed by atoms with Gasteiger partial charge in [-0.05, 0) is 0 Å². The van der Waals surface area contributed by atoms with Crippen LogP contribution in [-0.4, -0.2) is 32.3 Å². The van der Waals surface area contributed by atoms with Crippen LogP contribution in [0, 0.1) is 12.2 Å². The molecule has 2 aliphatic carbocycles. The molecule has 2 aliphatic rings. The molecule has 2 rings (SSSR count). The molecule has 0 fully saturated rings. The third kappa shape index (κ3) is 8.83. The third-order valence-electron chi connectivity index (χ3n) is 5.02. The molecule has 0 atom stereocenters. The minimum Gasteiger partial charge on any atom is -0.258 e. The molecule has 0 bridgehead atoms. The summed E-state index contributed by atoms with van der Waals surface area (Å²) >= 11 is 0. The molecule has 150 valence electrons. The van der Waals surface area contributed by atoms with E-state index >= 15 is 0 Å². The SMILES string of the molecule is C[Si](C)(C)C1=[C-]C([Si](C)(C)C)=CC1.C[Si](C)(C)C1=[C-]C([Si](C)(C)C)=CC1.[Ti+2]. The molecule has 0 saturated heterocycles. The first-order valence-corrected chi connectivity index (χ1v) is 24.1. The number of rotatable bonds is 4. The predicted octanol–water partition coefficient (Wildman–Crippen LogP) is 7.60. The van der Waals surface area contributed by atoms with Crippen LogP contribution in [-0.2, 0) is 21.7 Å². The molecule has 0 heterocycles. The van der Waals surface area contributed by atoms with Gasteiger partial charge in [0.1, 0.15) is 0 Å². The minimum atomic E-state index is -1.09.